The van der Waals surface area contributed by atoms with Gasteiger partial charge in [0.25, 0.3) is 0 Å². The maximum Gasteiger partial charge on any atom is 0.204 e. The Morgan fingerprint density at radius 1 is 1.25 bits per heavy atom. The summed E-state index contributed by atoms with van der Waals surface area (Å²) in [5, 5.41) is 3.47. The molecular formula is C20H31IN6O. The molecule has 1 aliphatic heterocycles. The normalized spacial score (nSPS) is 15.1. The first kappa shape index (κ1) is 22.3. The second-order valence-corrected chi connectivity index (χ2v) is 7.02. The topological polar surface area (TPSA) is 57.9 Å². The first-order valence-corrected chi connectivity index (χ1v) is 9.43. The van der Waals surface area contributed by atoms with Crippen LogP contribution in [-0.4, -0.2) is 60.7 Å². The molecule has 1 saturated heterocycles. The average Bonchev–Trinajstić information content (AvgIpc) is 3.05. The number of ether oxygens (including phenoxy) is 1. The number of nitrogens with one attached hydrogen (secondary N) is 1. The van der Waals surface area contributed by atoms with E-state index in [2.05, 4.69) is 24.8 Å². The van der Waals surface area contributed by atoms with Crippen molar-refractivity contribution in [2.75, 3.05) is 39.1 Å². The summed E-state index contributed by atoms with van der Waals surface area (Å²) in [6.07, 6.45) is 4.16. The molecule has 8 heteroatoms. The zero-order chi connectivity index (χ0) is 19.2. The Morgan fingerprint density at radius 3 is 2.50 bits per heavy atom. The summed E-state index contributed by atoms with van der Waals surface area (Å²) in [6.45, 7) is 2.57. The first-order chi connectivity index (χ1) is 13.1. The molecule has 0 spiro atoms. The van der Waals surface area contributed by atoms with E-state index in [4.69, 9.17) is 4.74 Å². The van der Waals surface area contributed by atoms with Crippen LogP contribution >= 0.6 is 24.0 Å². The highest BCUT2D eigenvalue weighted by Gasteiger charge is 2.23. The predicted molar refractivity (Wildman–Crippen MR) is 125 cm³/mol. The van der Waals surface area contributed by atoms with Gasteiger partial charge in [0.1, 0.15) is 11.9 Å². The van der Waals surface area contributed by atoms with Gasteiger partial charge in [-0.15, -0.1) is 24.0 Å². The molecule has 1 aliphatic rings. The highest BCUT2D eigenvalue weighted by atomic mass is 127. The van der Waals surface area contributed by atoms with E-state index in [1.807, 2.05) is 69.6 Å². The fourth-order valence-electron chi connectivity index (χ4n) is 3.39. The van der Waals surface area contributed by atoms with Crippen molar-refractivity contribution in [2.45, 2.75) is 25.5 Å². The summed E-state index contributed by atoms with van der Waals surface area (Å²) in [6, 6.07) is 10.1. The van der Waals surface area contributed by atoms with E-state index in [0.717, 1.165) is 49.3 Å². The number of rotatable bonds is 5. The molecule has 0 amide bonds. The Kier molecular flexibility index (Phi) is 8.40. The number of para-hydroxylation sites is 1. The number of anilines is 1. The fraction of sp³-hybridized carbons (Fsp3) is 0.500. The van der Waals surface area contributed by atoms with E-state index >= 15 is 0 Å². The largest absolute Gasteiger partial charge is 0.490 e. The van der Waals surface area contributed by atoms with Gasteiger partial charge in [0.05, 0.1) is 18.4 Å². The van der Waals surface area contributed by atoms with E-state index < -0.39 is 0 Å². The Hall–Kier alpha value is -1.97. The molecule has 0 radical (unpaired) electrons. The average molecular weight is 498 g/mol. The van der Waals surface area contributed by atoms with Crippen molar-refractivity contribution in [3.05, 3.63) is 42.2 Å². The van der Waals surface area contributed by atoms with Crippen molar-refractivity contribution in [3.63, 3.8) is 0 Å². The van der Waals surface area contributed by atoms with Crippen molar-refractivity contribution in [3.8, 4) is 5.75 Å². The molecule has 0 unspecified atom stereocenters. The third kappa shape index (κ3) is 5.52. The molecule has 0 aliphatic carbocycles. The van der Waals surface area contributed by atoms with Gasteiger partial charge in [-0.1, -0.05) is 18.2 Å². The molecule has 0 bridgehead atoms. The molecule has 7 nitrogen and oxygen atoms in total. The van der Waals surface area contributed by atoms with Crippen molar-refractivity contribution in [1.29, 1.82) is 0 Å². The summed E-state index contributed by atoms with van der Waals surface area (Å²) in [7, 11) is 7.87. The van der Waals surface area contributed by atoms with Gasteiger partial charge < -0.3 is 24.4 Å². The summed E-state index contributed by atoms with van der Waals surface area (Å²) in [5.41, 5.74) is 1.13. The number of benzene rings is 1. The number of guanidine groups is 1. The van der Waals surface area contributed by atoms with Gasteiger partial charge in [0, 0.05) is 54.1 Å². The van der Waals surface area contributed by atoms with Gasteiger partial charge in [-0.3, -0.25) is 4.99 Å². The van der Waals surface area contributed by atoms with Crippen LogP contribution in [0, 0.1) is 0 Å². The van der Waals surface area contributed by atoms with Crippen LogP contribution in [0.5, 0.6) is 5.75 Å². The Bertz CT molecular complexity index is 753. The fourth-order valence-corrected chi connectivity index (χ4v) is 3.39. The number of aliphatic imine (C=N–C) groups is 1. The number of nitrogens with zero attached hydrogens (tertiary/aromatic N) is 5. The van der Waals surface area contributed by atoms with E-state index in [1.165, 1.54) is 0 Å². The van der Waals surface area contributed by atoms with Crippen LogP contribution in [0.15, 0.2) is 41.5 Å². The van der Waals surface area contributed by atoms with Gasteiger partial charge in [0.2, 0.25) is 5.95 Å². The Labute approximate surface area is 184 Å². The lowest BCUT2D eigenvalue weighted by Crippen LogP contribution is -2.47. The van der Waals surface area contributed by atoms with E-state index in [9.17, 15) is 0 Å². The lowest BCUT2D eigenvalue weighted by Gasteiger charge is -2.34. The number of hydrogen-bond acceptors (Lipinski definition) is 4. The molecule has 1 N–H and O–H groups in total. The molecule has 154 valence electrons. The number of imidazole rings is 1. The van der Waals surface area contributed by atoms with Crippen LogP contribution < -0.4 is 15.0 Å². The lowest BCUT2D eigenvalue weighted by atomic mass is 10.1. The third-order valence-electron chi connectivity index (χ3n) is 4.89. The maximum atomic E-state index is 6.08. The van der Waals surface area contributed by atoms with Gasteiger partial charge >= 0.3 is 0 Å². The molecule has 2 heterocycles. The van der Waals surface area contributed by atoms with E-state index in [-0.39, 0.29) is 30.1 Å². The molecule has 2 aromatic rings. The number of piperidine rings is 1. The minimum Gasteiger partial charge on any atom is -0.490 e. The number of likely N-dealkylation sites (tertiary alicyclic amines) is 1. The number of hydrogen-bond donors (Lipinski definition) is 1. The highest BCUT2D eigenvalue weighted by molar-refractivity contribution is 14.0. The zero-order valence-electron chi connectivity index (χ0n) is 17.1. The van der Waals surface area contributed by atoms with Crippen molar-refractivity contribution < 1.29 is 4.74 Å². The third-order valence-corrected chi connectivity index (χ3v) is 4.89. The molecule has 28 heavy (non-hydrogen) atoms. The molecule has 1 aromatic carbocycles. The van der Waals surface area contributed by atoms with Crippen molar-refractivity contribution in [1.82, 2.24) is 19.8 Å². The maximum absolute atomic E-state index is 6.08. The molecule has 0 atom stereocenters. The molecular weight excluding hydrogens is 467 g/mol. The van der Waals surface area contributed by atoms with Crippen LogP contribution in [0.1, 0.15) is 18.5 Å². The smallest absolute Gasteiger partial charge is 0.204 e. The van der Waals surface area contributed by atoms with Crippen molar-refractivity contribution >= 4 is 35.9 Å². The SMILES string of the molecule is CN=C(NCc1cnc(N(C)C)n1C)N1CCC(Oc2ccccc2)CC1.I. The Morgan fingerprint density at radius 2 is 1.93 bits per heavy atom. The number of aromatic nitrogens is 2. The summed E-state index contributed by atoms with van der Waals surface area (Å²) < 4.78 is 8.18. The summed E-state index contributed by atoms with van der Waals surface area (Å²) >= 11 is 0. The second kappa shape index (κ2) is 10.5. The van der Waals surface area contributed by atoms with Crippen LogP contribution in [0.3, 0.4) is 0 Å². The van der Waals surface area contributed by atoms with Crippen LogP contribution in [-0.2, 0) is 13.6 Å². The van der Waals surface area contributed by atoms with Gasteiger partial charge in [-0.25, -0.2) is 4.98 Å². The molecule has 1 aromatic heterocycles. The van der Waals surface area contributed by atoms with Crippen LogP contribution in [0.2, 0.25) is 0 Å². The summed E-state index contributed by atoms with van der Waals surface area (Å²) in [5.74, 6) is 2.83. The monoisotopic (exact) mass is 498 g/mol. The number of halogens is 1. The van der Waals surface area contributed by atoms with Gasteiger partial charge in [0.15, 0.2) is 5.96 Å². The standard InChI is InChI=1S/C20H30N6O.HI/c1-21-19(22-14-16-15-23-20(24(2)3)25(16)4)26-12-10-18(11-13-26)27-17-8-6-5-7-9-17;/h5-9,15,18H,10-14H2,1-4H3,(H,21,22);1H. The molecule has 1 fully saturated rings. The minimum absolute atomic E-state index is 0. The first-order valence-electron chi connectivity index (χ1n) is 9.43. The molecule has 0 saturated carbocycles. The van der Waals surface area contributed by atoms with Crippen LogP contribution in [0.4, 0.5) is 5.95 Å². The van der Waals surface area contributed by atoms with Crippen molar-refractivity contribution in [2.24, 2.45) is 12.0 Å². The van der Waals surface area contributed by atoms with E-state index in [1.54, 1.807) is 0 Å². The predicted octanol–water partition coefficient (Wildman–Crippen LogP) is 2.72. The summed E-state index contributed by atoms with van der Waals surface area (Å²) in [4.78, 5) is 13.2. The highest BCUT2D eigenvalue weighted by Crippen LogP contribution is 2.19. The Balaban J connectivity index is 0.00000280. The zero-order valence-corrected chi connectivity index (χ0v) is 19.5. The van der Waals surface area contributed by atoms with Crippen LogP contribution in [0.25, 0.3) is 0 Å². The van der Waals surface area contributed by atoms with Gasteiger partial charge in [-0.05, 0) is 12.1 Å². The lowest BCUT2D eigenvalue weighted by molar-refractivity contribution is 0.129. The quantitative estimate of drug-likeness (QED) is 0.391. The van der Waals surface area contributed by atoms with E-state index in [0.29, 0.717) is 6.54 Å². The second-order valence-electron chi connectivity index (χ2n) is 7.02. The minimum atomic E-state index is 0. The van der Waals surface area contributed by atoms with Gasteiger partial charge in [-0.2, -0.15) is 0 Å². The molecule has 3 rings (SSSR count).